The van der Waals surface area contributed by atoms with Gasteiger partial charge in [0.15, 0.2) is 0 Å². The van der Waals surface area contributed by atoms with Crippen LogP contribution in [0.25, 0.3) is 0 Å². The van der Waals surface area contributed by atoms with Crippen molar-refractivity contribution in [3.63, 3.8) is 0 Å². The molecule has 5 nitrogen and oxygen atoms in total. The van der Waals surface area contributed by atoms with Crippen LogP contribution in [0.5, 0.6) is 0 Å². The van der Waals surface area contributed by atoms with Crippen molar-refractivity contribution in [3.8, 4) is 0 Å². The second kappa shape index (κ2) is 4.85. The van der Waals surface area contributed by atoms with E-state index in [4.69, 9.17) is 0 Å². The molecule has 1 N–H and O–H groups in total. The van der Waals surface area contributed by atoms with E-state index in [1.165, 1.54) is 4.90 Å². The van der Waals surface area contributed by atoms with Crippen LogP contribution in [0.3, 0.4) is 0 Å². The molecular weight excluding hydrogens is 264 g/mol. The van der Waals surface area contributed by atoms with E-state index in [-0.39, 0.29) is 11.3 Å². The normalized spacial score (nSPS) is 26.4. The molecule has 6 heteroatoms. The van der Waals surface area contributed by atoms with E-state index in [1.54, 1.807) is 36.2 Å². The maximum atomic E-state index is 12.5. The minimum atomic E-state index is -0.931. The standard InChI is InChI=1S/C13H14N2O3S/c16-11(9-3-1-2-6-14-9)15-10(13(17)18)7-19-12(15)8-4-5-8/h1-3,6,8,10,12H,4-5,7H2,(H,17,18). The number of carboxylic acid groups (broad SMARTS) is 1. The molecule has 2 atom stereocenters. The highest BCUT2D eigenvalue weighted by atomic mass is 32.2. The lowest BCUT2D eigenvalue weighted by molar-refractivity contribution is -0.141. The van der Waals surface area contributed by atoms with Crippen LogP contribution in [-0.2, 0) is 4.79 Å². The van der Waals surface area contributed by atoms with Gasteiger partial charge in [-0.3, -0.25) is 9.78 Å². The van der Waals surface area contributed by atoms with Gasteiger partial charge in [-0.1, -0.05) is 6.07 Å². The summed E-state index contributed by atoms with van der Waals surface area (Å²) in [6.07, 6.45) is 3.71. The lowest BCUT2D eigenvalue weighted by Gasteiger charge is -2.26. The van der Waals surface area contributed by atoms with E-state index < -0.39 is 12.0 Å². The van der Waals surface area contributed by atoms with Gasteiger partial charge >= 0.3 is 5.97 Å². The number of rotatable bonds is 3. The minimum absolute atomic E-state index is 0.00407. The Morgan fingerprint density at radius 1 is 1.37 bits per heavy atom. The Labute approximate surface area is 115 Å². The Kier molecular flexibility index (Phi) is 3.18. The Morgan fingerprint density at radius 2 is 2.16 bits per heavy atom. The van der Waals surface area contributed by atoms with Gasteiger partial charge in [0.05, 0.1) is 5.37 Å². The van der Waals surface area contributed by atoms with Crippen LogP contribution in [0.15, 0.2) is 24.4 Å². The summed E-state index contributed by atoms with van der Waals surface area (Å²) in [4.78, 5) is 29.4. The Morgan fingerprint density at radius 3 is 2.74 bits per heavy atom. The second-order valence-electron chi connectivity index (χ2n) is 4.84. The van der Waals surface area contributed by atoms with Crippen LogP contribution in [-0.4, -0.2) is 44.0 Å². The third-order valence-corrected chi connectivity index (χ3v) is 4.93. The van der Waals surface area contributed by atoms with Gasteiger partial charge in [-0.15, -0.1) is 11.8 Å². The number of amides is 1. The summed E-state index contributed by atoms with van der Waals surface area (Å²) in [6, 6.07) is 4.38. The SMILES string of the molecule is O=C(O)C1CSC(C2CC2)N1C(=O)c1ccccn1. The first kappa shape index (κ1) is 12.5. The quantitative estimate of drug-likeness (QED) is 0.906. The van der Waals surface area contributed by atoms with Crippen LogP contribution < -0.4 is 0 Å². The van der Waals surface area contributed by atoms with Crippen LogP contribution in [0.4, 0.5) is 0 Å². The first-order valence-corrected chi connectivity index (χ1v) is 7.31. The number of carboxylic acids is 1. The zero-order valence-corrected chi connectivity index (χ0v) is 11.0. The molecule has 0 bridgehead atoms. The Hall–Kier alpha value is -1.56. The first-order chi connectivity index (χ1) is 9.18. The topological polar surface area (TPSA) is 70.5 Å². The fraction of sp³-hybridized carbons (Fsp3) is 0.462. The number of carbonyl (C=O) groups excluding carboxylic acids is 1. The van der Waals surface area contributed by atoms with Crippen LogP contribution in [0.1, 0.15) is 23.3 Å². The van der Waals surface area contributed by atoms with Gasteiger partial charge in [0, 0.05) is 11.9 Å². The molecule has 100 valence electrons. The average molecular weight is 278 g/mol. The predicted octanol–water partition coefficient (Wildman–Crippen LogP) is 1.46. The molecule has 0 radical (unpaired) electrons. The van der Waals surface area contributed by atoms with E-state index in [9.17, 15) is 14.7 Å². The van der Waals surface area contributed by atoms with Gasteiger partial charge in [-0.25, -0.2) is 4.79 Å². The molecule has 2 unspecified atom stereocenters. The molecule has 19 heavy (non-hydrogen) atoms. The van der Waals surface area contributed by atoms with Gasteiger partial charge in [-0.05, 0) is 30.9 Å². The molecule has 1 aromatic heterocycles. The molecule has 3 rings (SSSR count). The number of hydrogen-bond donors (Lipinski definition) is 1. The number of pyridine rings is 1. The van der Waals surface area contributed by atoms with Crippen molar-refractivity contribution >= 4 is 23.6 Å². The molecule has 1 amide bonds. The van der Waals surface area contributed by atoms with E-state index in [2.05, 4.69) is 4.98 Å². The molecule has 2 aliphatic rings. The van der Waals surface area contributed by atoms with Gasteiger partial charge in [-0.2, -0.15) is 0 Å². The minimum Gasteiger partial charge on any atom is -0.480 e. The molecule has 1 saturated heterocycles. The molecule has 2 fully saturated rings. The van der Waals surface area contributed by atoms with Crippen molar-refractivity contribution in [1.29, 1.82) is 0 Å². The van der Waals surface area contributed by atoms with Gasteiger partial charge < -0.3 is 10.0 Å². The number of aliphatic carboxylic acids is 1. The van der Waals surface area contributed by atoms with E-state index in [0.29, 0.717) is 17.4 Å². The van der Waals surface area contributed by atoms with Gasteiger partial charge in [0.1, 0.15) is 11.7 Å². The third kappa shape index (κ3) is 2.32. The van der Waals surface area contributed by atoms with Gasteiger partial charge in [0.25, 0.3) is 5.91 Å². The predicted molar refractivity (Wildman–Crippen MR) is 70.8 cm³/mol. The molecule has 2 heterocycles. The van der Waals surface area contributed by atoms with E-state index in [1.807, 2.05) is 0 Å². The first-order valence-electron chi connectivity index (χ1n) is 6.26. The molecule has 1 aliphatic heterocycles. The summed E-state index contributed by atoms with van der Waals surface area (Å²) in [5, 5.41) is 9.27. The maximum Gasteiger partial charge on any atom is 0.327 e. The molecule has 1 aliphatic carbocycles. The number of carbonyl (C=O) groups is 2. The highest BCUT2D eigenvalue weighted by molar-refractivity contribution is 8.00. The molecule has 1 aromatic rings. The van der Waals surface area contributed by atoms with Crippen molar-refractivity contribution in [3.05, 3.63) is 30.1 Å². The van der Waals surface area contributed by atoms with Crippen molar-refractivity contribution < 1.29 is 14.7 Å². The van der Waals surface area contributed by atoms with Crippen LogP contribution >= 0.6 is 11.8 Å². The van der Waals surface area contributed by atoms with Crippen LogP contribution in [0, 0.1) is 5.92 Å². The number of nitrogens with zero attached hydrogens (tertiary/aromatic N) is 2. The number of hydrogen-bond acceptors (Lipinski definition) is 4. The van der Waals surface area contributed by atoms with E-state index >= 15 is 0 Å². The smallest absolute Gasteiger partial charge is 0.327 e. The third-order valence-electron chi connectivity index (χ3n) is 3.46. The van der Waals surface area contributed by atoms with Crippen molar-refractivity contribution in [2.45, 2.75) is 24.3 Å². The van der Waals surface area contributed by atoms with E-state index in [0.717, 1.165) is 12.8 Å². The summed E-state index contributed by atoms with van der Waals surface area (Å²) in [5.41, 5.74) is 0.321. The molecular formula is C13H14N2O3S. The second-order valence-corrected chi connectivity index (χ2v) is 5.99. The molecule has 0 spiro atoms. The fourth-order valence-electron chi connectivity index (χ4n) is 2.34. The van der Waals surface area contributed by atoms with Crippen molar-refractivity contribution in [1.82, 2.24) is 9.88 Å². The summed E-state index contributed by atoms with van der Waals surface area (Å²) in [5.74, 6) is -0.286. The van der Waals surface area contributed by atoms with Crippen molar-refractivity contribution in [2.24, 2.45) is 5.92 Å². The largest absolute Gasteiger partial charge is 0.480 e. The van der Waals surface area contributed by atoms with Crippen LogP contribution in [0.2, 0.25) is 0 Å². The number of thioether (sulfide) groups is 1. The lowest BCUT2D eigenvalue weighted by atomic mass is 10.2. The zero-order chi connectivity index (χ0) is 13.4. The summed E-state index contributed by atoms with van der Waals surface area (Å²) in [7, 11) is 0. The zero-order valence-electron chi connectivity index (χ0n) is 10.2. The number of aromatic nitrogens is 1. The average Bonchev–Trinajstić information content (AvgIpc) is 3.17. The molecule has 1 saturated carbocycles. The fourth-order valence-corrected chi connectivity index (χ4v) is 3.97. The summed E-state index contributed by atoms with van der Waals surface area (Å²) >= 11 is 1.58. The highest BCUT2D eigenvalue weighted by Crippen LogP contribution is 2.45. The Bertz CT molecular complexity index is 504. The highest BCUT2D eigenvalue weighted by Gasteiger charge is 2.48. The van der Waals surface area contributed by atoms with Crippen molar-refractivity contribution in [2.75, 3.05) is 5.75 Å². The summed E-state index contributed by atoms with van der Waals surface area (Å²) < 4.78 is 0. The maximum absolute atomic E-state index is 12.5. The molecule has 0 aromatic carbocycles. The lowest BCUT2D eigenvalue weighted by Crippen LogP contribution is -2.46. The monoisotopic (exact) mass is 278 g/mol. The Balaban J connectivity index is 1.89. The van der Waals surface area contributed by atoms with Gasteiger partial charge in [0.2, 0.25) is 0 Å². The summed E-state index contributed by atoms with van der Waals surface area (Å²) in [6.45, 7) is 0.